The van der Waals surface area contributed by atoms with Gasteiger partial charge in [-0.25, -0.2) is 4.99 Å². The van der Waals surface area contributed by atoms with Crippen molar-refractivity contribution in [3.05, 3.63) is 35.9 Å². The third kappa shape index (κ3) is 8.50. The molecular weight excluding hydrogens is 388 g/mol. The van der Waals surface area contributed by atoms with Gasteiger partial charge in [-0.2, -0.15) is 0 Å². The van der Waals surface area contributed by atoms with E-state index in [1.165, 1.54) is 37.9 Å². The SMILES string of the molecule is CN(C)C(=O)CN=C(NCCN1CCCCC1)NC1CCN(Cc2ccccc2)CC1. The number of rotatable bonds is 8. The summed E-state index contributed by atoms with van der Waals surface area (Å²) < 4.78 is 0. The molecule has 2 aliphatic rings. The average molecular weight is 429 g/mol. The minimum Gasteiger partial charge on any atom is -0.355 e. The van der Waals surface area contributed by atoms with Crippen LogP contribution in [-0.4, -0.2) is 92.5 Å². The fourth-order valence-electron chi connectivity index (χ4n) is 4.23. The molecule has 1 aromatic rings. The maximum absolute atomic E-state index is 12.0. The van der Waals surface area contributed by atoms with Gasteiger partial charge >= 0.3 is 0 Å². The molecule has 0 aliphatic carbocycles. The van der Waals surface area contributed by atoms with Crippen LogP contribution in [0.2, 0.25) is 0 Å². The lowest BCUT2D eigenvalue weighted by molar-refractivity contribution is -0.127. The maximum Gasteiger partial charge on any atom is 0.243 e. The number of likely N-dealkylation sites (N-methyl/N-ethyl adjacent to an activating group) is 1. The molecule has 2 heterocycles. The number of piperidine rings is 2. The topological polar surface area (TPSA) is 63.2 Å². The molecule has 2 N–H and O–H groups in total. The van der Waals surface area contributed by atoms with E-state index in [1.54, 1.807) is 19.0 Å². The third-order valence-corrected chi connectivity index (χ3v) is 6.22. The summed E-state index contributed by atoms with van der Waals surface area (Å²) in [5.74, 6) is 0.795. The first-order valence-electron chi connectivity index (χ1n) is 11.8. The summed E-state index contributed by atoms with van der Waals surface area (Å²) in [6, 6.07) is 11.1. The van der Waals surface area contributed by atoms with Gasteiger partial charge in [0, 0.05) is 52.9 Å². The molecule has 3 rings (SSSR count). The first kappa shape index (κ1) is 23.5. The molecule has 0 saturated carbocycles. The highest BCUT2D eigenvalue weighted by atomic mass is 16.2. The molecule has 2 saturated heterocycles. The van der Waals surface area contributed by atoms with Gasteiger partial charge in [-0.1, -0.05) is 36.8 Å². The fourth-order valence-corrected chi connectivity index (χ4v) is 4.23. The fraction of sp³-hybridized carbons (Fsp3) is 0.667. The van der Waals surface area contributed by atoms with Crippen LogP contribution < -0.4 is 10.6 Å². The summed E-state index contributed by atoms with van der Waals surface area (Å²) in [7, 11) is 3.55. The standard InChI is InChI=1S/C24H40N6O/c1-28(2)23(31)19-26-24(25-13-18-29-14-7-4-8-15-29)27-22-11-16-30(17-12-22)20-21-9-5-3-6-10-21/h3,5-6,9-10,22H,4,7-8,11-20H2,1-2H3,(H2,25,26,27). The van der Waals surface area contributed by atoms with Crippen LogP contribution in [0.1, 0.15) is 37.7 Å². The van der Waals surface area contributed by atoms with Crippen molar-refractivity contribution < 1.29 is 4.79 Å². The highest BCUT2D eigenvalue weighted by Crippen LogP contribution is 2.14. The van der Waals surface area contributed by atoms with Crippen LogP contribution in [0.3, 0.4) is 0 Å². The Labute approximate surface area is 187 Å². The van der Waals surface area contributed by atoms with Gasteiger partial charge in [0.25, 0.3) is 0 Å². The van der Waals surface area contributed by atoms with E-state index in [0.717, 1.165) is 51.5 Å². The number of hydrogen-bond donors (Lipinski definition) is 2. The van der Waals surface area contributed by atoms with Gasteiger partial charge in [-0.05, 0) is 44.3 Å². The van der Waals surface area contributed by atoms with E-state index in [-0.39, 0.29) is 12.5 Å². The zero-order valence-corrected chi connectivity index (χ0v) is 19.4. The maximum atomic E-state index is 12.0. The van der Waals surface area contributed by atoms with Gasteiger partial charge in [0.15, 0.2) is 5.96 Å². The number of carbonyl (C=O) groups excluding carboxylic acids is 1. The molecule has 1 amide bonds. The number of aliphatic imine (C=N–C) groups is 1. The van der Waals surface area contributed by atoms with Crippen LogP contribution in [-0.2, 0) is 11.3 Å². The number of amides is 1. The Morgan fingerprint density at radius 1 is 1.03 bits per heavy atom. The summed E-state index contributed by atoms with van der Waals surface area (Å²) in [5, 5.41) is 7.07. The summed E-state index contributed by atoms with van der Waals surface area (Å²) in [6.07, 6.45) is 6.13. The number of carbonyl (C=O) groups is 1. The lowest BCUT2D eigenvalue weighted by Crippen LogP contribution is -2.50. The quantitative estimate of drug-likeness (QED) is 0.488. The Kier molecular flexibility index (Phi) is 9.62. The van der Waals surface area contributed by atoms with E-state index >= 15 is 0 Å². The van der Waals surface area contributed by atoms with Gasteiger partial charge in [-0.3, -0.25) is 9.69 Å². The molecule has 172 valence electrons. The molecule has 0 atom stereocenters. The predicted octanol–water partition coefficient (Wildman–Crippen LogP) is 1.76. The van der Waals surface area contributed by atoms with E-state index < -0.39 is 0 Å². The summed E-state index contributed by atoms with van der Waals surface area (Å²) in [6.45, 7) is 7.61. The summed E-state index contributed by atoms with van der Waals surface area (Å²) in [5.41, 5.74) is 1.37. The number of hydrogen-bond acceptors (Lipinski definition) is 4. The number of benzene rings is 1. The number of nitrogens with zero attached hydrogens (tertiary/aromatic N) is 4. The molecule has 7 nitrogen and oxygen atoms in total. The minimum absolute atomic E-state index is 0.0230. The monoisotopic (exact) mass is 428 g/mol. The van der Waals surface area contributed by atoms with E-state index in [2.05, 4.69) is 55.8 Å². The van der Waals surface area contributed by atoms with E-state index in [0.29, 0.717) is 6.04 Å². The first-order valence-corrected chi connectivity index (χ1v) is 11.8. The molecule has 0 unspecified atom stereocenters. The molecular formula is C24H40N6O. The van der Waals surface area contributed by atoms with E-state index in [4.69, 9.17) is 0 Å². The van der Waals surface area contributed by atoms with Crippen molar-refractivity contribution in [2.24, 2.45) is 4.99 Å². The van der Waals surface area contributed by atoms with Crippen LogP contribution in [0.15, 0.2) is 35.3 Å². The van der Waals surface area contributed by atoms with Gasteiger partial charge in [0.05, 0.1) is 0 Å². The Balaban J connectivity index is 1.46. The first-order chi connectivity index (χ1) is 15.1. The molecule has 2 fully saturated rings. The van der Waals surface area contributed by atoms with Crippen molar-refractivity contribution in [3.63, 3.8) is 0 Å². The zero-order valence-electron chi connectivity index (χ0n) is 19.4. The van der Waals surface area contributed by atoms with Crippen molar-refractivity contribution in [2.75, 3.05) is 59.9 Å². The second-order valence-corrected chi connectivity index (χ2v) is 8.96. The minimum atomic E-state index is 0.0230. The van der Waals surface area contributed by atoms with Crippen LogP contribution in [0.4, 0.5) is 0 Å². The largest absolute Gasteiger partial charge is 0.355 e. The lowest BCUT2D eigenvalue weighted by Gasteiger charge is -2.33. The Morgan fingerprint density at radius 3 is 2.42 bits per heavy atom. The second-order valence-electron chi connectivity index (χ2n) is 8.96. The molecule has 2 aliphatic heterocycles. The van der Waals surface area contributed by atoms with Crippen LogP contribution in [0.5, 0.6) is 0 Å². The van der Waals surface area contributed by atoms with Gasteiger partial charge in [0.1, 0.15) is 6.54 Å². The summed E-state index contributed by atoms with van der Waals surface area (Å²) in [4.78, 5) is 23.2. The molecule has 0 aromatic heterocycles. The van der Waals surface area contributed by atoms with Crippen LogP contribution >= 0.6 is 0 Å². The number of likely N-dealkylation sites (tertiary alicyclic amines) is 2. The highest BCUT2D eigenvalue weighted by molar-refractivity contribution is 5.84. The van der Waals surface area contributed by atoms with Crippen LogP contribution in [0, 0.1) is 0 Å². The Hall–Kier alpha value is -2.12. The van der Waals surface area contributed by atoms with Crippen molar-refractivity contribution in [1.29, 1.82) is 0 Å². The van der Waals surface area contributed by atoms with Gasteiger partial charge < -0.3 is 20.4 Å². The second kappa shape index (κ2) is 12.7. The highest BCUT2D eigenvalue weighted by Gasteiger charge is 2.20. The molecule has 0 radical (unpaired) electrons. The Morgan fingerprint density at radius 2 is 1.74 bits per heavy atom. The lowest BCUT2D eigenvalue weighted by atomic mass is 10.0. The van der Waals surface area contributed by atoms with Crippen molar-refractivity contribution >= 4 is 11.9 Å². The normalized spacial score (nSPS) is 19.2. The molecule has 0 spiro atoms. The van der Waals surface area contributed by atoms with E-state index in [1.807, 2.05) is 0 Å². The number of guanidine groups is 1. The zero-order chi connectivity index (χ0) is 21.9. The Bertz CT molecular complexity index is 679. The van der Waals surface area contributed by atoms with Crippen molar-refractivity contribution in [3.8, 4) is 0 Å². The molecule has 7 heteroatoms. The summed E-state index contributed by atoms with van der Waals surface area (Å²) >= 11 is 0. The van der Waals surface area contributed by atoms with E-state index in [9.17, 15) is 4.79 Å². The van der Waals surface area contributed by atoms with Crippen molar-refractivity contribution in [2.45, 2.75) is 44.7 Å². The predicted molar refractivity (Wildman–Crippen MR) is 127 cm³/mol. The molecule has 1 aromatic carbocycles. The molecule has 0 bridgehead atoms. The van der Waals surface area contributed by atoms with Gasteiger partial charge in [-0.15, -0.1) is 0 Å². The average Bonchev–Trinajstić information content (AvgIpc) is 2.79. The van der Waals surface area contributed by atoms with Crippen molar-refractivity contribution in [1.82, 2.24) is 25.3 Å². The smallest absolute Gasteiger partial charge is 0.243 e. The molecule has 31 heavy (non-hydrogen) atoms. The van der Waals surface area contributed by atoms with Crippen LogP contribution in [0.25, 0.3) is 0 Å². The van der Waals surface area contributed by atoms with Gasteiger partial charge in [0.2, 0.25) is 5.91 Å². The number of nitrogens with one attached hydrogen (secondary N) is 2. The third-order valence-electron chi connectivity index (χ3n) is 6.22.